The van der Waals surface area contributed by atoms with Gasteiger partial charge in [0.05, 0.1) is 17.0 Å². The maximum absolute atomic E-state index is 13.1. The number of anilines is 1. The number of methoxy groups -OCH3 is 1. The zero-order valence-corrected chi connectivity index (χ0v) is 18.9. The lowest BCUT2D eigenvalue weighted by Gasteiger charge is -2.09. The predicted molar refractivity (Wildman–Crippen MR) is 124 cm³/mol. The summed E-state index contributed by atoms with van der Waals surface area (Å²) in [5.41, 5.74) is 2.47. The highest BCUT2D eigenvalue weighted by Crippen LogP contribution is 2.36. The molecule has 0 atom stereocenters. The van der Waals surface area contributed by atoms with E-state index in [0.29, 0.717) is 44.1 Å². The van der Waals surface area contributed by atoms with E-state index in [2.05, 4.69) is 10.3 Å². The Morgan fingerprint density at radius 2 is 1.90 bits per heavy atom. The Balaban J connectivity index is 1.69. The minimum atomic E-state index is -0.746. The van der Waals surface area contributed by atoms with E-state index >= 15 is 0 Å². The van der Waals surface area contributed by atoms with Gasteiger partial charge in [-0.15, -0.1) is 11.3 Å². The Hall–Kier alpha value is -2.87. The Kier molecular flexibility index (Phi) is 6.00. The third-order valence-corrected chi connectivity index (χ3v) is 6.39. The molecule has 1 aromatic carbocycles. The van der Waals surface area contributed by atoms with E-state index in [-0.39, 0.29) is 0 Å². The number of rotatable bonds is 6. The third-order valence-electron chi connectivity index (χ3n) is 4.85. The van der Waals surface area contributed by atoms with Crippen molar-refractivity contribution < 1.29 is 14.3 Å². The molecule has 0 saturated carbocycles. The van der Waals surface area contributed by atoms with Crippen molar-refractivity contribution in [1.29, 1.82) is 0 Å². The molecule has 0 spiro atoms. The molecule has 1 amide bonds. The summed E-state index contributed by atoms with van der Waals surface area (Å²) in [6, 6.07) is 12.3. The molecule has 4 aromatic rings. The number of carbonyl (C=O) groups is 2. The summed E-state index contributed by atoms with van der Waals surface area (Å²) in [6.07, 6.45) is 1.49. The number of amides is 1. The van der Waals surface area contributed by atoms with E-state index < -0.39 is 11.7 Å². The number of aromatic nitrogens is 2. The molecule has 31 heavy (non-hydrogen) atoms. The second-order valence-electron chi connectivity index (χ2n) is 6.81. The van der Waals surface area contributed by atoms with Gasteiger partial charge in [-0.05, 0) is 36.8 Å². The second-order valence-corrected chi connectivity index (χ2v) is 8.91. The van der Waals surface area contributed by atoms with Crippen LogP contribution in [0.4, 0.5) is 5.69 Å². The van der Waals surface area contributed by atoms with Gasteiger partial charge >= 0.3 is 0 Å². The number of halogens is 2. The number of ketones is 1. The minimum Gasteiger partial charge on any atom is -0.481 e. The summed E-state index contributed by atoms with van der Waals surface area (Å²) in [5.74, 6) is -1.05. The van der Waals surface area contributed by atoms with Gasteiger partial charge in [0.25, 0.3) is 11.7 Å². The summed E-state index contributed by atoms with van der Waals surface area (Å²) in [5, 5.41) is 3.93. The van der Waals surface area contributed by atoms with E-state index in [9.17, 15) is 9.59 Å². The lowest BCUT2D eigenvalue weighted by atomic mass is 10.1. The van der Waals surface area contributed by atoms with Crippen molar-refractivity contribution in [2.75, 3.05) is 12.4 Å². The van der Waals surface area contributed by atoms with Crippen LogP contribution < -0.4 is 10.1 Å². The number of ether oxygens (including phenoxy) is 1. The average molecular weight is 474 g/mol. The number of pyridine rings is 1. The smallest absolute Gasteiger partial charge is 0.296 e. The SMILES string of the molecule is COc1cc(NC(=O)C(=O)c2c(C)n(Cc3ccc(Cl)cc3)c3sc(Cl)cc23)ccn1. The van der Waals surface area contributed by atoms with Gasteiger partial charge in [0.2, 0.25) is 5.88 Å². The number of carbonyl (C=O) groups excluding carboxylic acids is 2. The van der Waals surface area contributed by atoms with E-state index in [1.807, 2.05) is 35.8 Å². The van der Waals surface area contributed by atoms with E-state index in [1.54, 1.807) is 18.2 Å². The summed E-state index contributed by atoms with van der Waals surface area (Å²) in [7, 11) is 1.48. The molecule has 158 valence electrons. The highest BCUT2D eigenvalue weighted by atomic mass is 35.5. The molecule has 0 aliphatic rings. The van der Waals surface area contributed by atoms with Crippen molar-refractivity contribution in [3.05, 3.63) is 74.8 Å². The van der Waals surface area contributed by atoms with Crippen LogP contribution in [0.3, 0.4) is 0 Å². The first-order valence-electron chi connectivity index (χ1n) is 9.25. The minimum absolute atomic E-state index is 0.336. The Labute approximate surface area is 192 Å². The molecule has 6 nitrogen and oxygen atoms in total. The number of nitrogens with zero attached hydrogens (tertiary/aromatic N) is 2. The summed E-state index contributed by atoms with van der Waals surface area (Å²) in [6.45, 7) is 2.35. The van der Waals surface area contributed by atoms with Crippen LogP contribution in [0.15, 0.2) is 48.7 Å². The standard InChI is InChI=1S/C22H17Cl2N3O3S/c1-12-19(20(28)21(29)26-15-7-8-25-18(9-15)30-2)16-10-17(24)31-22(16)27(12)11-13-3-5-14(23)6-4-13/h3-10H,11H2,1-2H3,(H,25,26,29). The molecule has 9 heteroatoms. The second kappa shape index (κ2) is 8.70. The summed E-state index contributed by atoms with van der Waals surface area (Å²) in [4.78, 5) is 30.7. The van der Waals surface area contributed by atoms with Crippen molar-refractivity contribution in [2.24, 2.45) is 0 Å². The van der Waals surface area contributed by atoms with Gasteiger partial charge in [-0.25, -0.2) is 4.98 Å². The van der Waals surface area contributed by atoms with Crippen molar-refractivity contribution >= 4 is 62.1 Å². The van der Waals surface area contributed by atoms with E-state index in [0.717, 1.165) is 10.4 Å². The monoisotopic (exact) mass is 473 g/mol. The fourth-order valence-electron chi connectivity index (χ4n) is 3.36. The molecule has 1 N–H and O–H groups in total. The molecule has 0 aliphatic carbocycles. The number of fused-ring (bicyclic) bond motifs is 1. The fourth-order valence-corrected chi connectivity index (χ4v) is 4.76. The lowest BCUT2D eigenvalue weighted by molar-refractivity contribution is -0.112. The van der Waals surface area contributed by atoms with E-state index in [4.69, 9.17) is 27.9 Å². The van der Waals surface area contributed by atoms with Gasteiger partial charge in [0.15, 0.2) is 0 Å². The first-order chi connectivity index (χ1) is 14.9. The van der Waals surface area contributed by atoms with Crippen molar-refractivity contribution in [1.82, 2.24) is 9.55 Å². The van der Waals surface area contributed by atoms with Crippen LogP contribution in [0.25, 0.3) is 10.2 Å². The number of hydrogen-bond acceptors (Lipinski definition) is 5. The molecular formula is C22H17Cl2N3O3S. The lowest BCUT2D eigenvalue weighted by Crippen LogP contribution is -2.23. The fraction of sp³-hybridized carbons (Fsp3) is 0.136. The van der Waals surface area contributed by atoms with Crippen LogP contribution in [0, 0.1) is 6.92 Å². The van der Waals surface area contributed by atoms with Crippen LogP contribution in [0.2, 0.25) is 9.36 Å². The average Bonchev–Trinajstić information content (AvgIpc) is 3.24. The first-order valence-corrected chi connectivity index (χ1v) is 10.8. The number of benzene rings is 1. The van der Waals surface area contributed by atoms with Crippen molar-refractivity contribution in [2.45, 2.75) is 13.5 Å². The van der Waals surface area contributed by atoms with Gasteiger partial charge in [-0.3, -0.25) is 9.59 Å². The highest BCUT2D eigenvalue weighted by Gasteiger charge is 2.27. The molecule has 0 radical (unpaired) electrons. The topological polar surface area (TPSA) is 73.2 Å². The van der Waals surface area contributed by atoms with Gasteiger partial charge in [-0.1, -0.05) is 35.3 Å². The maximum atomic E-state index is 13.1. The van der Waals surface area contributed by atoms with Crippen LogP contribution in [0.5, 0.6) is 5.88 Å². The molecule has 0 aliphatic heterocycles. The first kappa shape index (κ1) is 21.4. The number of Topliss-reactive ketones (excluding diaryl/α,β-unsaturated/α-hetero) is 1. The molecule has 4 rings (SSSR count). The van der Waals surface area contributed by atoms with Gasteiger partial charge in [0, 0.05) is 40.6 Å². The normalized spacial score (nSPS) is 11.0. The predicted octanol–water partition coefficient (Wildman–Crippen LogP) is 5.59. The van der Waals surface area contributed by atoms with Crippen molar-refractivity contribution in [3.8, 4) is 5.88 Å². The van der Waals surface area contributed by atoms with Gasteiger partial charge < -0.3 is 14.6 Å². The quantitative estimate of drug-likeness (QED) is 0.292. The van der Waals surface area contributed by atoms with Crippen LogP contribution in [-0.4, -0.2) is 28.4 Å². The number of hydrogen-bond donors (Lipinski definition) is 1. The zero-order valence-electron chi connectivity index (χ0n) is 16.6. The third kappa shape index (κ3) is 4.30. The largest absolute Gasteiger partial charge is 0.481 e. The zero-order chi connectivity index (χ0) is 22.1. The highest BCUT2D eigenvalue weighted by molar-refractivity contribution is 7.22. The van der Waals surface area contributed by atoms with Crippen molar-refractivity contribution in [3.63, 3.8) is 0 Å². The molecule has 0 bridgehead atoms. The van der Waals surface area contributed by atoms with Crippen LogP contribution in [-0.2, 0) is 11.3 Å². The molecule has 0 unspecified atom stereocenters. The maximum Gasteiger partial charge on any atom is 0.296 e. The Morgan fingerprint density at radius 1 is 1.16 bits per heavy atom. The summed E-state index contributed by atoms with van der Waals surface area (Å²) >= 11 is 13.6. The van der Waals surface area contributed by atoms with Crippen LogP contribution in [0.1, 0.15) is 21.6 Å². The number of nitrogens with one attached hydrogen (secondary N) is 1. The Bertz CT molecular complexity index is 1300. The molecule has 0 fully saturated rings. The molecular weight excluding hydrogens is 457 g/mol. The number of thiophene rings is 1. The molecule has 3 aromatic heterocycles. The van der Waals surface area contributed by atoms with Gasteiger partial charge in [0.1, 0.15) is 4.83 Å². The van der Waals surface area contributed by atoms with Crippen LogP contribution >= 0.6 is 34.5 Å². The summed E-state index contributed by atoms with van der Waals surface area (Å²) < 4.78 is 7.59. The Morgan fingerprint density at radius 3 is 2.61 bits per heavy atom. The molecule has 0 saturated heterocycles. The van der Waals surface area contributed by atoms with E-state index in [1.165, 1.54) is 24.6 Å². The van der Waals surface area contributed by atoms with Gasteiger partial charge in [-0.2, -0.15) is 0 Å². The molecule has 3 heterocycles.